The van der Waals surface area contributed by atoms with Gasteiger partial charge in [0.1, 0.15) is 0 Å². The predicted molar refractivity (Wildman–Crippen MR) is 64.4 cm³/mol. The molecular weight excluding hydrogens is 236 g/mol. The number of nitrogens with one attached hydrogen (secondary N) is 1. The number of likely N-dealkylation sites (tertiary alicyclic amines) is 1. The van der Waals surface area contributed by atoms with Gasteiger partial charge < -0.3 is 20.1 Å². The molecule has 2 aliphatic rings. The van der Waals surface area contributed by atoms with Crippen LogP contribution in [0.5, 0.6) is 0 Å². The summed E-state index contributed by atoms with van der Waals surface area (Å²) >= 11 is 0. The van der Waals surface area contributed by atoms with E-state index in [1.165, 1.54) is 4.90 Å². The number of carbonyl (C=O) groups excluding carboxylic acids is 1. The van der Waals surface area contributed by atoms with E-state index < -0.39 is 6.09 Å². The van der Waals surface area contributed by atoms with Crippen LogP contribution in [0.25, 0.3) is 0 Å². The molecule has 1 saturated heterocycles. The topological polar surface area (TPSA) is 78.9 Å². The van der Waals surface area contributed by atoms with Crippen LogP contribution in [0.15, 0.2) is 0 Å². The number of carboxylic acid groups (broad SMARTS) is 1. The quantitative estimate of drug-likeness (QED) is 0.787. The monoisotopic (exact) mass is 256 g/mol. The molecule has 0 atom stereocenters. The number of rotatable bonds is 2. The van der Waals surface area contributed by atoms with Gasteiger partial charge in [0.25, 0.3) is 0 Å². The number of ether oxygens (including phenoxy) is 1. The van der Waals surface area contributed by atoms with Crippen LogP contribution in [0.1, 0.15) is 32.6 Å². The van der Waals surface area contributed by atoms with Gasteiger partial charge in [0.05, 0.1) is 6.61 Å². The average molecular weight is 256 g/mol. The minimum atomic E-state index is -0.828. The molecule has 0 aromatic carbocycles. The van der Waals surface area contributed by atoms with Crippen LogP contribution in [-0.2, 0) is 4.74 Å². The number of nitrogens with zero attached hydrogens (tertiary/aromatic N) is 1. The van der Waals surface area contributed by atoms with Gasteiger partial charge in [-0.05, 0) is 38.0 Å². The van der Waals surface area contributed by atoms with E-state index in [0.717, 1.165) is 25.7 Å². The summed E-state index contributed by atoms with van der Waals surface area (Å²) in [5.41, 5.74) is 0.246. The Labute approximate surface area is 106 Å². The van der Waals surface area contributed by atoms with Crippen molar-refractivity contribution >= 4 is 12.2 Å². The van der Waals surface area contributed by atoms with E-state index in [4.69, 9.17) is 9.84 Å². The van der Waals surface area contributed by atoms with Gasteiger partial charge >= 0.3 is 12.2 Å². The number of piperidine rings is 1. The Morgan fingerprint density at radius 2 is 2.00 bits per heavy atom. The Bertz CT molecular complexity index is 329. The molecule has 2 fully saturated rings. The lowest BCUT2D eigenvalue weighted by Gasteiger charge is -2.51. The first-order chi connectivity index (χ1) is 8.54. The summed E-state index contributed by atoms with van der Waals surface area (Å²) in [4.78, 5) is 23.5. The average Bonchev–Trinajstić information content (AvgIpc) is 2.28. The fourth-order valence-corrected chi connectivity index (χ4v) is 3.01. The van der Waals surface area contributed by atoms with E-state index in [2.05, 4.69) is 5.32 Å². The SMILES string of the molecule is CCOC(=O)NC1CC2(CCN(C(=O)O)CC2)C1. The molecule has 1 spiro atoms. The van der Waals surface area contributed by atoms with E-state index in [1.54, 1.807) is 6.92 Å². The van der Waals surface area contributed by atoms with Crippen molar-refractivity contribution < 1.29 is 19.4 Å². The summed E-state index contributed by atoms with van der Waals surface area (Å²) < 4.78 is 4.84. The second kappa shape index (κ2) is 5.04. The van der Waals surface area contributed by atoms with Gasteiger partial charge in [0.2, 0.25) is 0 Å². The number of hydrogen-bond acceptors (Lipinski definition) is 3. The van der Waals surface area contributed by atoms with E-state index in [1.807, 2.05) is 0 Å². The molecule has 2 N–H and O–H groups in total. The zero-order valence-corrected chi connectivity index (χ0v) is 10.6. The molecule has 1 aliphatic carbocycles. The highest BCUT2D eigenvalue weighted by molar-refractivity contribution is 5.67. The summed E-state index contributed by atoms with van der Waals surface area (Å²) in [5.74, 6) is 0. The Morgan fingerprint density at radius 1 is 1.39 bits per heavy atom. The summed E-state index contributed by atoms with van der Waals surface area (Å²) in [6.45, 7) is 3.39. The summed E-state index contributed by atoms with van der Waals surface area (Å²) in [5, 5.41) is 11.7. The number of carbonyl (C=O) groups is 2. The van der Waals surface area contributed by atoms with Crippen LogP contribution < -0.4 is 5.32 Å². The Balaban J connectivity index is 1.72. The standard InChI is InChI=1S/C12H20N2O4/c1-2-18-10(15)13-9-7-12(8-9)3-5-14(6-4-12)11(16)17/h9H,2-8H2,1H3,(H,13,15)(H,16,17). The van der Waals surface area contributed by atoms with Crippen LogP contribution in [0.2, 0.25) is 0 Å². The van der Waals surface area contributed by atoms with Crippen molar-refractivity contribution in [3.63, 3.8) is 0 Å². The van der Waals surface area contributed by atoms with E-state index in [-0.39, 0.29) is 17.6 Å². The molecule has 2 rings (SSSR count). The summed E-state index contributed by atoms with van der Waals surface area (Å²) in [6.07, 6.45) is 2.52. The van der Waals surface area contributed by atoms with Crippen molar-refractivity contribution in [3.05, 3.63) is 0 Å². The van der Waals surface area contributed by atoms with Crippen molar-refractivity contribution in [1.82, 2.24) is 10.2 Å². The normalized spacial score (nSPS) is 22.4. The molecule has 1 aliphatic heterocycles. The largest absolute Gasteiger partial charge is 0.465 e. The third kappa shape index (κ3) is 2.68. The molecule has 0 aromatic rings. The third-order valence-corrected chi connectivity index (χ3v) is 4.05. The molecule has 6 nitrogen and oxygen atoms in total. The molecule has 18 heavy (non-hydrogen) atoms. The first-order valence-electron chi connectivity index (χ1n) is 6.46. The van der Waals surface area contributed by atoms with Gasteiger partial charge in [0, 0.05) is 19.1 Å². The maximum Gasteiger partial charge on any atom is 0.407 e. The minimum Gasteiger partial charge on any atom is -0.465 e. The molecule has 0 unspecified atom stereocenters. The second-order valence-corrected chi connectivity index (χ2v) is 5.24. The van der Waals surface area contributed by atoms with Crippen LogP contribution >= 0.6 is 0 Å². The first-order valence-corrected chi connectivity index (χ1v) is 6.46. The fraction of sp³-hybridized carbons (Fsp3) is 0.833. The Hall–Kier alpha value is -1.46. The van der Waals surface area contributed by atoms with E-state index in [0.29, 0.717) is 19.7 Å². The molecule has 0 radical (unpaired) electrons. The number of alkyl carbamates (subject to hydrolysis) is 1. The van der Waals surface area contributed by atoms with Gasteiger partial charge in [-0.3, -0.25) is 0 Å². The second-order valence-electron chi connectivity index (χ2n) is 5.24. The van der Waals surface area contributed by atoms with Gasteiger partial charge in [0.15, 0.2) is 0 Å². The highest BCUT2D eigenvalue weighted by Crippen LogP contribution is 2.49. The highest BCUT2D eigenvalue weighted by Gasteiger charge is 2.46. The Morgan fingerprint density at radius 3 is 2.50 bits per heavy atom. The first kappa shape index (κ1) is 13.0. The van der Waals surface area contributed by atoms with Crippen molar-refractivity contribution in [3.8, 4) is 0 Å². The predicted octanol–water partition coefficient (Wildman–Crippen LogP) is 1.66. The maximum atomic E-state index is 11.2. The molecule has 2 amide bonds. The van der Waals surface area contributed by atoms with Crippen LogP contribution in [-0.4, -0.2) is 47.9 Å². The van der Waals surface area contributed by atoms with Crippen molar-refractivity contribution in [2.24, 2.45) is 5.41 Å². The lowest BCUT2D eigenvalue weighted by molar-refractivity contribution is 0.00960. The van der Waals surface area contributed by atoms with E-state index in [9.17, 15) is 9.59 Å². The van der Waals surface area contributed by atoms with Crippen molar-refractivity contribution in [1.29, 1.82) is 0 Å². The summed E-state index contributed by atoms with van der Waals surface area (Å²) in [6, 6.07) is 0.195. The maximum absolute atomic E-state index is 11.2. The van der Waals surface area contributed by atoms with Gasteiger partial charge in [-0.1, -0.05) is 0 Å². The molecule has 6 heteroatoms. The molecule has 0 aromatic heterocycles. The van der Waals surface area contributed by atoms with Crippen molar-refractivity contribution in [2.75, 3.05) is 19.7 Å². The number of hydrogen-bond donors (Lipinski definition) is 2. The molecule has 0 bridgehead atoms. The fourth-order valence-electron chi connectivity index (χ4n) is 3.01. The van der Waals surface area contributed by atoms with Gasteiger partial charge in [-0.2, -0.15) is 0 Å². The highest BCUT2D eigenvalue weighted by atomic mass is 16.5. The summed E-state index contributed by atoms with van der Waals surface area (Å²) in [7, 11) is 0. The molecular formula is C12H20N2O4. The van der Waals surface area contributed by atoms with Crippen LogP contribution in [0.3, 0.4) is 0 Å². The lowest BCUT2D eigenvalue weighted by Crippen LogP contribution is -2.55. The minimum absolute atomic E-state index is 0.195. The smallest absolute Gasteiger partial charge is 0.407 e. The van der Waals surface area contributed by atoms with Gasteiger partial charge in [-0.25, -0.2) is 9.59 Å². The Kier molecular flexibility index (Phi) is 3.63. The molecule has 102 valence electrons. The van der Waals surface area contributed by atoms with Gasteiger partial charge in [-0.15, -0.1) is 0 Å². The van der Waals surface area contributed by atoms with Crippen LogP contribution in [0.4, 0.5) is 9.59 Å². The lowest BCUT2D eigenvalue weighted by atomic mass is 9.60. The van der Waals surface area contributed by atoms with E-state index >= 15 is 0 Å². The zero-order chi connectivity index (χ0) is 13.2. The number of amides is 2. The van der Waals surface area contributed by atoms with Crippen LogP contribution in [0, 0.1) is 5.41 Å². The van der Waals surface area contributed by atoms with Crippen molar-refractivity contribution in [2.45, 2.75) is 38.6 Å². The third-order valence-electron chi connectivity index (χ3n) is 4.05. The zero-order valence-electron chi connectivity index (χ0n) is 10.6. The molecule has 1 saturated carbocycles. The molecule has 1 heterocycles.